The van der Waals surface area contributed by atoms with Crippen LogP contribution in [0.5, 0.6) is 5.88 Å². The number of carbonyl (C=O) groups excluding carboxylic acids is 1. The lowest BCUT2D eigenvalue weighted by Crippen LogP contribution is -2.26. The number of anilines is 1. The largest absolute Gasteiger partial charge is 0.471 e. The van der Waals surface area contributed by atoms with Crippen molar-refractivity contribution in [1.82, 2.24) is 14.5 Å². The van der Waals surface area contributed by atoms with Gasteiger partial charge in [0.1, 0.15) is 23.6 Å². The van der Waals surface area contributed by atoms with Crippen LogP contribution in [0.3, 0.4) is 0 Å². The molecule has 0 aliphatic rings. The first-order chi connectivity index (χ1) is 16.6. The minimum Gasteiger partial charge on any atom is -0.471 e. The average molecular weight is 473 g/mol. The first kappa shape index (κ1) is 24.3. The molecular weight excluding hydrogens is 440 g/mol. The monoisotopic (exact) mass is 472 g/mol. The maximum absolute atomic E-state index is 13.0. The Bertz CT molecular complexity index is 1340. The summed E-state index contributed by atoms with van der Waals surface area (Å²) in [6.07, 6.45) is 1.92. The topological polar surface area (TPSA) is 92.3 Å². The summed E-state index contributed by atoms with van der Waals surface area (Å²) < 4.78 is 13.3. The van der Waals surface area contributed by atoms with Gasteiger partial charge in [-0.25, -0.2) is 14.8 Å². The zero-order chi connectivity index (χ0) is 25.2. The van der Waals surface area contributed by atoms with Crippen LogP contribution in [-0.4, -0.2) is 26.2 Å². The van der Waals surface area contributed by atoms with Gasteiger partial charge in [-0.2, -0.15) is 0 Å². The molecule has 0 saturated heterocycles. The molecule has 2 heterocycles. The first-order valence-corrected chi connectivity index (χ1v) is 11.8. The van der Waals surface area contributed by atoms with E-state index in [4.69, 9.17) is 20.2 Å². The highest BCUT2D eigenvalue weighted by molar-refractivity contribution is 6.01. The van der Waals surface area contributed by atoms with E-state index >= 15 is 0 Å². The summed E-state index contributed by atoms with van der Waals surface area (Å²) in [5, 5.41) is 0.824. The van der Waals surface area contributed by atoms with Crippen LogP contribution in [0.2, 0.25) is 0 Å². The number of nitrogens with two attached hydrogens (primary N) is 1. The molecule has 0 amide bonds. The average Bonchev–Trinajstić information content (AvgIpc) is 3.17. The molecule has 7 nitrogen and oxygen atoms in total. The number of hydrogen-bond acceptors (Lipinski definition) is 6. The van der Waals surface area contributed by atoms with Gasteiger partial charge in [-0.1, -0.05) is 62.4 Å². The number of benzene rings is 2. The Balaban J connectivity index is 1.80. The summed E-state index contributed by atoms with van der Waals surface area (Å²) in [5.41, 5.74) is 9.42. The maximum Gasteiger partial charge on any atom is 0.419 e. The Labute approximate surface area is 205 Å². The fourth-order valence-electron chi connectivity index (χ4n) is 3.86. The van der Waals surface area contributed by atoms with Crippen LogP contribution in [0.15, 0.2) is 60.8 Å². The van der Waals surface area contributed by atoms with Gasteiger partial charge in [0, 0.05) is 17.1 Å². The fraction of sp³-hybridized carbons (Fsp3) is 0.321. The molecule has 4 aromatic rings. The molecule has 0 fully saturated rings. The molecule has 0 aliphatic heterocycles. The number of rotatable bonds is 6. The second-order valence-corrected chi connectivity index (χ2v) is 9.99. The second-order valence-electron chi connectivity index (χ2n) is 9.99. The molecule has 4 rings (SSSR count). The summed E-state index contributed by atoms with van der Waals surface area (Å²) in [4.78, 5) is 22.5. The third kappa shape index (κ3) is 5.62. The van der Waals surface area contributed by atoms with Crippen molar-refractivity contribution < 1.29 is 14.3 Å². The lowest BCUT2D eigenvalue weighted by molar-refractivity contribution is 0.0544. The number of nitrogens with zero attached hydrogens (tertiary/aromatic N) is 3. The number of nitrogen functional groups attached to an aromatic ring is 1. The molecule has 2 N–H and O–H groups in total. The number of hydrogen-bond donors (Lipinski definition) is 1. The molecule has 0 bridgehead atoms. The van der Waals surface area contributed by atoms with Crippen LogP contribution < -0.4 is 10.5 Å². The number of ether oxygens (including phenoxy) is 2. The van der Waals surface area contributed by atoms with Crippen LogP contribution >= 0.6 is 0 Å². The molecule has 0 saturated carbocycles. The van der Waals surface area contributed by atoms with Crippen LogP contribution in [0.4, 0.5) is 10.6 Å². The van der Waals surface area contributed by atoms with Crippen molar-refractivity contribution in [2.45, 2.75) is 53.2 Å². The van der Waals surface area contributed by atoms with E-state index in [0.29, 0.717) is 53.1 Å². The highest BCUT2D eigenvalue weighted by Crippen LogP contribution is 2.35. The molecule has 0 unspecified atom stereocenters. The number of aromatic nitrogens is 3. The standard InChI is InChI=1S/C28H32N4O3/c1-18(2)15-22-26(34-17-19-11-7-6-8-12-19)31-24(25(29)30-22)21-16-32(27(33)35-28(3,4)5)23-14-10-9-13-20(21)23/h6-14,16,18H,15,17H2,1-5H3,(H2,29,30). The van der Waals surface area contributed by atoms with Crippen molar-refractivity contribution in [3.8, 4) is 17.1 Å². The van der Waals surface area contributed by atoms with Gasteiger partial charge in [0.05, 0.1) is 5.52 Å². The van der Waals surface area contributed by atoms with E-state index in [1.807, 2.05) is 75.4 Å². The van der Waals surface area contributed by atoms with E-state index in [2.05, 4.69) is 18.8 Å². The predicted molar refractivity (Wildman–Crippen MR) is 138 cm³/mol. The Morgan fingerprint density at radius 1 is 1.03 bits per heavy atom. The Kier molecular flexibility index (Phi) is 6.78. The van der Waals surface area contributed by atoms with Gasteiger partial charge in [0.15, 0.2) is 5.82 Å². The van der Waals surface area contributed by atoms with Crippen molar-refractivity contribution in [3.05, 3.63) is 72.1 Å². The highest BCUT2D eigenvalue weighted by Gasteiger charge is 2.24. The molecule has 182 valence electrons. The molecule has 0 atom stereocenters. The SMILES string of the molecule is CC(C)Cc1nc(N)c(-c2cn(C(=O)OC(C)(C)C)c3ccccc23)nc1OCc1ccccc1. The Hall–Kier alpha value is -3.87. The zero-order valence-electron chi connectivity index (χ0n) is 20.9. The third-order valence-electron chi connectivity index (χ3n) is 5.34. The van der Waals surface area contributed by atoms with E-state index < -0.39 is 11.7 Å². The summed E-state index contributed by atoms with van der Waals surface area (Å²) >= 11 is 0. The smallest absolute Gasteiger partial charge is 0.419 e. The molecule has 7 heteroatoms. The van der Waals surface area contributed by atoms with Crippen molar-refractivity contribution in [2.75, 3.05) is 5.73 Å². The van der Waals surface area contributed by atoms with Gasteiger partial charge >= 0.3 is 6.09 Å². The van der Waals surface area contributed by atoms with E-state index in [9.17, 15) is 4.79 Å². The first-order valence-electron chi connectivity index (χ1n) is 11.8. The molecule has 2 aromatic carbocycles. The molecule has 35 heavy (non-hydrogen) atoms. The van der Waals surface area contributed by atoms with E-state index in [1.54, 1.807) is 6.20 Å². The zero-order valence-corrected chi connectivity index (χ0v) is 20.9. The summed E-state index contributed by atoms with van der Waals surface area (Å²) in [5.74, 6) is 1.09. The van der Waals surface area contributed by atoms with Gasteiger partial charge in [-0.3, -0.25) is 4.57 Å². The Morgan fingerprint density at radius 3 is 2.40 bits per heavy atom. The van der Waals surface area contributed by atoms with Gasteiger partial charge in [-0.15, -0.1) is 0 Å². The Morgan fingerprint density at radius 2 is 1.71 bits per heavy atom. The number of fused-ring (bicyclic) bond motifs is 1. The highest BCUT2D eigenvalue weighted by atomic mass is 16.6. The molecule has 0 spiro atoms. The normalized spacial score (nSPS) is 11.7. The molecule has 0 radical (unpaired) electrons. The van der Waals surface area contributed by atoms with Crippen molar-refractivity contribution >= 4 is 22.8 Å². The molecular formula is C28H32N4O3. The number of carbonyl (C=O) groups is 1. The van der Waals surface area contributed by atoms with Crippen LogP contribution in [0, 0.1) is 5.92 Å². The lowest BCUT2D eigenvalue weighted by atomic mass is 10.1. The van der Waals surface area contributed by atoms with E-state index in [1.165, 1.54) is 4.57 Å². The summed E-state index contributed by atoms with van der Waals surface area (Å²) in [6, 6.07) is 17.5. The summed E-state index contributed by atoms with van der Waals surface area (Å²) in [7, 11) is 0. The minimum absolute atomic E-state index is 0.291. The number of para-hydroxylation sites is 1. The van der Waals surface area contributed by atoms with Crippen LogP contribution in [0.25, 0.3) is 22.2 Å². The van der Waals surface area contributed by atoms with Crippen molar-refractivity contribution in [2.24, 2.45) is 5.92 Å². The van der Waals surface area contributed by atoms with Gasteiger partial charge < -0.3 is 15.2 Å². The van der Waals surface area contributed by atoms with Gasteiger partial charge in [0.25, 0.3) is 0 Å². The minimum atomic E-state index is -0.627. The van der Waals surface area contributed by atoms with Crippen molar-refractivity contribution in [1.29, 1.82) is 0 Å². The third-order valence-corrected chi connectivity index (χ3v) is 5.34. The fourth-order valence-corrected chi connectivity index (χ4v) is 3.86. The van der Waals surface area contributed by atoms with Crippen molar-refractivity contribution in [3.63, 3.8) is 0 Å². The lowest BCUT2D eigenvalue weighted by Gasteiger charge is -2.19. The van der Waals surface area contributed by atoms with E-state index in [-0.39, 0.29) is 0 Å². The quantitative estimate of drug-likeness (QED) is 0.357. The second kappa shape index (κ2) is 9.78. The van der Waals surface area contributed by atoms with E-state index in [0.717, 1.165) is 10.9 Å². The summed E-state index contributed by atoms with van der Waals surface area (Å²) in [6.45, 7) is 10.1. The van der Waals surface area contributed by atoms with Gasteiger partial charge in [0.2, 0.25) is 5.88 Å². The van der Waals surface area contributed by atoms with Gasteiger partial charge in [-0.05, 0) is 44.7 Å². The maximum atomic E-state index is 13.0. The van der Waals surface area contributed by atoms with Crippen LogP contribution in [-0.2, 0) is 17.8 Å². The molecule has 2 aromatic heterocycles. The molecule has 0 aliphatic carbocycles. The van der Waals surface area contributed by atoms with Crippen LogP contribution in [0.1, 0.15) is 45.9 Å². The predicted octanol–water partition coefficient (Wildman–Crippen LogP) is 6.24.